The van der Waals surface area contributed by atoms with Crippen LogP contribution in [0.15, 0.2) is 24.3 Å². The molecule has 1 atom stereocenters. The van der Waals surface area contributed by atoms with Gasteiger partial charge in [-0.25, -0.2) is 0 Å². The lowest BCUT2D eigenvalue weighted by Gasteiger charge is -2.22. The van der Waals surface area contributed by atoms with Crippen molar-refractivity contribution in [1.82, 2.24) is 5.32 Å². The monoisotopic (exact) mass is 265 g/mol. The first-order chi connectivity index (χ1) is 8.74. The Labute approximate surface area is 112 Å². The van der Waals surface area contributed by atoms with Gasteiger partial charge in [0.1, 0.15) is 5.75 Å². The van der Waals surface area contributed by atoms with E-state index < -0.39 is 0 Å². The highest BCUT2D eigenvalue weighted by Crippen LogP contribution is 2.17. The standard InChI is InChI=1S/C14H19NO2S/c16-13-6-3-11(4-7-13)5-8-14(17)15-12-2-1-9-18-10-12/h3-4,6-7,12,16H,1-2,5,8-10H2,(H,15,17)/t12-/m1/s1. The van der Waals surface area contributed by atoms with Gasteiger partial charge in [0, 0.05) is 18.2 Å². The molecule has 18 heavy (non-hydrogen) atoms. The van der Waals surface area contributed by atoms with Crippen LogP contribution in [0.1, 0.15) is 24.8 Å². The van der Waals surface area contributed by atoms with Crippen molar-refractivity contribution in [3.63, 3.8) is 0 Å². The zero-order valence-corrected chi connectivity index (χ0v) is 11.2. The number of aryl methyl sites for hydroxylation is 1. The van der Waals surface area contributed by atoms with Crippen molar-refractivity contribution in [2.45, 2.75) is 31.7 Å². The van der Waals surface area contributed by atoms with Crippen LogP contribution in [0.4, 0.5) is 0 Å². The number of benzene rings is 1. The molecule has 1 aromatic carbocycles. The first kappa shape index (κ1) is 13.3. The average Bonchev–Trinajstić information content (AvgIpc) is 2.39. The minimum absolute atomic E-state index is 0.135. The minimum atomic E-state index is 0.135. The van der Waals surface area contributed by atoms with Crippen LogP contribution in [0.3, 0.4) is 0 Å². The first-order valence-electron chi connectivity index (χ1n) is 6.39. The molecule has 1 aliphatic rings. The van der Waals surface area contributed by atoms with Gasteiger partial charge in [-0.1, -0.05) is 12.1 Å². The Hall–Kier alpha value is -1.16. The number of amides is 1. The van der Waals surface area contributed by atoms with E-state index >= 15 is 0 Å². The van der Waals surface area contributed by atoms with Gasteiger partial charge < -0.3 is 10.4 Å². The SMILES string of the molecule is O=C(CCc1ccc(O)cc1)N[C@@H]1CCCSC1. The fourth-order valence-corrected chi connectivity index (χ4v) is 3.15. The number of nitrogens with one attached hydrogen (secondary N) is 1. The predicted octanol–water partition coefficient (Wildman–Crippen LogP) is 2.34. The molecule has 0 unspecified atom stereocenters. The Balaban J connectivity index is 1.72. The number of carbonyl (C=O) groups excluding carboxylic acids is 1. The summed E-state index contributed by atoms with van der Waals surface area (Å²) >= 11 is 1.92. The largest absolute Gasteiger partial charge is 0.508 e. The van der Waals surface area contributed by atoms with E-state index in [0.717, 1.165) is 24.2 Å². The maximum absolute atomic E-state index is 11.8. The number of carbonyl (C=O) groups is 1. The Morgan fingerprint density at radius 1 is 1.39 bits per heavy atom. The lowest BCUT2D eigenvalue weighted by atomic mass is 10.1. The molecule has 3 nitrogen and oxygen atoms in total. The normalized spacial score (nSPS) is 19.4. The van der Waals surface area contributed by atoms with Gasteiger partial charge >= 0.3 is 0 Å². The highest BCUT2D eigenvalue weighted by atomic mass is 32.2. The highest BCUT2D eigenvalue weighted by Gasteiger charge is 2.15. The van der Waals surface area contributed by atoms with Gasteiger partial charge in [-0.3, -0.25) is 4.79 Å². The summed E-state index contributed by atoms with van der Waals surface area (Å²) in [6, 6.07) is 7.39. The summed E-state index contributed by atoms with van der Waals surface area (Å²) in [5.74, 6) is 2.67. The maximum atomic E-state index is 11.8. The zero-order chi connectivity index (χ0) is 12.8. The molecule has 1 heterocycles. The summed E-state index contributed by atoms with van der Waals surface area (Å²) < 4.78 is 0. The van der Waals surface area contributed by atoms with Crippen LogP contribution in [-0.4, -0.2) is 28.6 Å². The third-order valence-corrected chi connectivity index (χ3v) is 4.32. The van der Waals surface area contributed by atoms with E-state index in [1.54, 1.807) is 12.1 Å². The van der Waals surface area contributed by atoms with E-state index in [4.69, 9.17) is 5.11 Å². The van der Waals surface area contributed by atoms with Crippen LogP contribution in [0.2, 0.25) is 0 Å². The third kappa shape index (κ3) is 4.26. The Morgan fingerprint density at radius 3 is 2.83 bits per heavy atom. The number of hydrogen-bond donors (Lipinski definition) is 2. The van der Waals surface area contributed by atoms with Crippen molar-refractivity contribution in [3.05, 3.63) is 29.8 Å². The number of hydrogen-bond acceptors (Lipinski definition) is 3. The Morgan fingerprint density at radius 2 is 2.17 bits per heavy atom. The molecule has 1 aromatic rings. The van der Waals surface area contributed by atoms with E-state index in [1.807, 2.05) is 23.9 Å². The molecular weight excluding hydrogens is 246 g/mol. The Bertz CT molecular complexity index is 385. The summed E-state index contributed by atoms with van der Waals surface area (Å²) in [6.45, 7) is 0. The molecule has 4 heteroatoms. The van der Waals surface area contributed by atoms with Gasteiger partial charge in [0.05, 0.1) is 0 Å². The van der Waals surface area contributed by atoms with Gasteiger partial charge in [-0.05, 0) is 42.7 Å². The van der Waals surface area contributed by atoms with E-state index in [9.17, 15) is 4.79 Å². The van der Waals surface area contributed by atoms with Crippen LogP contribution < -0.4 is 5.32 Å². The minimum Gasteiger partial charge on any atom is -0.508 e. The van der Waals surface area contributed by atoms with Gasteiger partial charge in [0.2, 0.25) is 5.91 Å². The molecule has 1 amide bonds. The van der Waals surface area contributed by atoms with Crippen molar-refractivity contribution in [2.24, 2.45) is 0 Å². The van der Waals surface area contributed by atoms with Crippen LogP contribution in [-0.2, 0) is 11.2 Å². The van der Waals surface area contributed by atoms with Crippen LogP contribution >= 0.6 is 11.8 Å². The third-order valence-electron chi connectivity index (χ3n) is 3.10. The second-order valence-electron chi connectivity index (χ2n) is 4.65. The second-order valence-corrected chi connectivity index (χ2v) is 5.80. The van der Waals surface area contributed by atoms with Crippen molar-refractivity contribution in [3.8, 4) is 5.75 Å². The van der Waals surface area contributed by atoms with Crippen LogP contribution in [0.5, 0.6) is 5.75 Å². The summed E-state index contributed by atoms with van der Waals surface area (Å²) in [4.78, 5) is 11.8. The molecule has 0 aromatic heterocycles. The van der Waals surface area contributed by atoms with Crippen molar-refractivity contribution in [1.29, 1.82) is 0 Å². The summed E-state index contributed by atoms with van der Waals surface area (Å²) in [7, 11) is 0. The van der Waals surface area contributed by atoms with E-state index in [2.05, 4.69) is 5.32 Å². The van der Waals surface area contributed by atoms with Gasteiger partial charge in [-0.2, -0.15) is 11.8 Å². The molecule has 2 N–H and O–H groups in total. The second kappa shape index (κ2) is 6.69. The fourth-order valence-electron chi connectivity index (χ4n) is 2.07. The molecule has 0 saturated carbocycles. The number of aromatic hydroxyl groups is 1. The molecule has 0 radical (unpaired) electrons. The molecule has 0 bridgehead atoms. The van der Waals surface area contributed by atoms with E-state index in [-0.39, 0.29) is 11.7 Å². The highest BCUT2D eigenvalue weighted by molar-refractivity contribution is 7.99. The molecular formula is C14H19NO2S. The molecule has 1 aliphatic heterocycles. The molecule has 0 aliphatic carbocycles. The quantitative estimate of drug-likeness (QED) is 0.878. The van der Waals surface area contributed by atoms with E-state index in [0.29, 0.717) is 12.5 Å². The number of phenols is 1. The molecule has 98 valence electrons. The molecule has 1 fully saturated rings. The lowest BCUT2D eigenvalue weighted by molar-refractivity contribution is -0.121. The first-order valence-corrected chi connectivity index (χ1v) is 7.54. The number of rotatable bonds is 4. The molecule has 1 saturated heterocycles. The van der Waals surface area contributed by atoms with Gasteiger partial charge in [0.15, 0.2) is 0 Å². The van der Waals surface area contributed by atoms with Crippen molar-refractivity contribution in [2.75, 3.05) is 11.5 Å². The summed E-state index contributed by atoms with van der Waals surface area (Å²) in [5, 5.41) is 12.3. The Kier molecular flexibility index (Phi) is 4.93. The lowest BCUT2D eigenvalue weighted by Crippen LogP contribution is -2.38. The van der Waals surface area contributed by atoms with Crippen LogP contribution in [0, 0.1) is 0 Å². The zero-order valence-electron chi connectivity index (χ0n) is 10.4. The van der Waals surface area contributed by atoms with Gasteiger partial charge in [0.25, 0.3) is 0 Å². The summed E-state index contributed by atoms with van der Waals surface area (Å²) in [6.07, 6.45) is 3.56. The predicted molar refractivity (Wildman–Crippen MR) is 74.9 cm³/mol. The maximum Gasteiger partial charge on any atom is 0.220 e. The summed E-state index contributed by atoms with van der Waals surface area (Å²) in [5.41, 5.74) is 1.08. The smallest absolute Gasteiger partial charge is 0.220 e. The topological polar surface area (TPSA) is 49.3 Å². The average molecular weight is 265 g/mol. The van der Waals surface area contributed by atoms with E-state index in [1.165, 1.54) is 12.2 Å². The number of thioether (sulfide) groups is 1. The van der Waals surface area contributed by atoms with Crippen LogP contribution in [0.25, 0.3) is 0 Å². The fraction of sp³-hybridized carbons (Fsp3) is 0.500. The van der Waals surface area contributed by atoms with Gasteiger partial charge in [-0.15, -0.1) is 0 Å². The van der Waals surface area contributed by atoms with Crippen molar-refractivity contribution >= 4 is 17.7 Å². The van der Waals surface area contributed by atoms with Crippen molar-refractivity contribution < 1.29 is 9.90 Å². The molecule has 2 rings (SSSR count). The molecule has 0 spiro atoms. The number of phenolic OH excluding ortho intramolecular Hbond substituents is 1.